The van der Waals surface area contributed by atoms with Gasteiger partial charge in [-0.05, 0) is 42.4 Å². The van der Waals surface area contributed by atoms with Crippen LogP contribution in [0.5, 0.6) is 0 Å². The number of nitriles is 1. The topological polar surface area (TPSA) is 44.0 Å². The molecule has 0 spiro atoms. The minimum Gasteiger partial charge on any atom is -0.388 e. The third-order valence-corrected chi connectivity index (χ3v) is 5.11. The van der Waals surface area contributed by atoms with E-state index >= 15 is 0 Å². The molecule has 0 saturated heterocycles. The Kier molecular flexibility index (Phi) is 2.58. The van der Waals surface area contributed by atoms with Gasteiger partial charge in [0.2, 0.25) is 0 Å². The van der Waals surface area contributed by atoms with Gasteiger partial charge in [-0.3, -0.25) is 0 Å². The van der Waals surface area contributed by atoms with Gasteiger partial charge >= 0.3 is 0 Å². The summed E-state index contributed by atoms with van der Waals surface area (Å²) in [6.45, 7) is 8.76. The fourth-order valence-electron chi connectivity index (χ4n) is 4.43. The molecule has 0 aromatic carbocycles. The SMILES string of the molecule is CC(C)[C@@H]1CC[C@H]2C(C)(C)C[C@H](C#N)[C@@]12O. The Bertz CT molecular complexity index is 328. The highest BCUT2D eigenvalue weighted by Crippen LogP contribution is 2.62. The Balaban J connectivity index is 2.41. The predicted molar refractivity (Wildman–Crippen MR) is 63.5 cm³/mol. The van der Waals surface area contributed by atoms with Crippen LogP contribution in [0, 0.1) is 40.4 Å². The van der Waals surface area contributed by atoms with Crippen molar-refractivity contribution in [1.29, 1.82) is 5.26 Å². The Hall–Kier alpha value is -0.550. The van der Waals surface area contributed by atoms with Gasteiger partial charge in [0.15, 0.2) is 0 Å². The van der Waals surface area contributed by atoms with Gasteiger partial charge in [-0.15, -0.1) is 0 Å². The monoisotopic (exact) mass is 221 g/mol. The van der Waals surface area contributed by atoms with Gasteiger partial charge in [0.1, 0.15) is 0 Å². The number of fused-ring (bicyclic) bond motifs is 1. The van der Waals surface area contributed by atoms with Crippen LogP contribution in [0.3, 0.4) is 0 Å². The van der Waals surface area contributed by atoms with E-state index in [1.807, 2.05) is 0 Å². The van der Waals surface area contributed by atoms with Crippen molar-refractivity contribution < 1.29 is 5.11 Å². The molecule has 2 saturated carbocycles. The third kappa shape index (κ3) is 1.34. The molecule has 2 aliphatic carbocycles. The first kappa shape index (κ1) is 11.9. The second-order valence-corrected chi connectivity index (χ2v) is 6.74. The fourth-order valence-corrected chi connectivity index (χ4v) is 4.43. The van der Waals surface area contributed by atoms with Crippen LogP contribution in [0.15, 0.2) is 0 Å². The van der Waals surface area contributed by atoms with Gasteiger partial charge in [0.05, 0.1) is 17.6 Å². The Morgan fingerprint density at radius 3 is 2.44 bits per heavy atom. The van der Waals surface area contributed by atoms with Crippen molar-refractivity contribution in [2.24, 2.45) is 29.1 Å². The largest absolute Gasteiger partial charge is 0.388 e. The number of hydrogen-bond donors (Lipinski definition) is 1. The van der Waals surface area contributed by atoms with Crippen molar-refractivity contribution >= 4 is 0 Å². The summed E-state index contributed by atoms with van der Waals surface area (Å²) in [7, 11) is 0. The van der Waals surface area contributed by atoms with Gasteiger partial charge in [0.25, 0.3) is 0 Å². The van der Waals surface area contributed by atoms with E-state index in [-0.39, 0.29) is 11.3 Å². The first-order valence-corrected chi connectivity index (χ1v) is 6.46. The molecule has 2 fully saturated rings. The van der Waals surface area contributed by atoms with Crippen LogP contribution < -0.4 is 0 Å². The second kappa shape index (κ2) is 3.47. The second-order valence-electron chi connectivity index (χ2n) is 6.74. The summed E-state index contributed by atoms with van der Waals surface area (Å²) in [6.07, 6.45) is 3.03. The maximum Gasteiger partial charge on any atom is 0.0868 e. The first-order chi connectivity index (χ1) is 7.34. The molecule has 16 heavy (non-hydrogen) atoms. The van der Waals surface area contributed by atoms with Crippen molar-refractivity contribution in [2.45, 2.75) is 52.6 Å². The Morgan fingerprint density at radius 1 is 1.31 bits per heavy atom. The molecule has 4 atom stereocenters. The molecule has 0 radical (unpaired) electrons. The van der Waals surface area contributed by atoms with Crippen LogP contribution in [-0.2, 0) is 0 Å². The van der Waals surface area contributed by atoms with E-state index in [1.165, 1.54) is 0 Å². The Labute approximate surface area is 98.7 Å². The van der Waals surface area contributed by atoms with E-state index < -0.39 is 5.60 Å². The molecule has 0 aromatic heterocycles. The zero-order valence-corrected chi connectivity index (χ0v) is 10.8. The highest BCUT2D eigenvalue weighted by atomic mass is 16.3. The number of nitrogens with zero attached hydrogens (tertiary/aromatic N) is 1. The standard InChI is InChI=1S/C14H23NO/c1-9(2)11-5-6-12-13(3,4)7-10(8-15)14(11,12)16/h9-12,16H,5-7H2,1-4H3/t10-,11+,12+,14-/m1/s1. The molecule has 2 aliphatic rings. The van der Waals surface area contributed by atoms with Gasteiger partial charge in [-0.1, -0.05) is 27.7 Å². The summed E-state index contributed by atoms with van der Waals surface area (Å²) in [5.74, 6) is 0.933. The molecule has 2 rings (SSSR count). The van der Waals surface area contributed by atoms with E-state index in [0.717, 1.165) is 19.3 Å². The molecular formula is C14H23NO. The lowest BCUT2D eigenvalue weighted by molar-refractivity contribution is -0.0653. The van der Waals surface area contributed by atoms with E-state index in [4.69, 9.17) is 0 Å². The highest BCUT2D eigenvalue weighted by molar-refractivity contribution is 5.18. The fraction of sp³-hybridized carbons (Fsp3) is 0.929. The quantitative estimate of drug-likeness (QED) is 0.739. The zero-order chi connectivity index (χ0) is 12.1. The molecule has 0 aliphatic heterocycles. The summed E-state index contributed by atoms with van der Waals surface area (Å²) in [5.41, 5.74) is -0.592. The number of aliphatic hydroxyl groups is 1. The smallest absolute Gasteiger partial charge is 0.0868 e. The number of rotatable bonds is 1. The van der Waals surface area contributed by atoms with Crippen LogP contribution in [0.2, 0.25) is 0 Å². The van der Waals surface area contributed by atoms with E-state index in [0.29, 0.717) is 17.8 Å². The summed E-state index contributed by atoms with van der Waals surface area (Å²) < 4.78 is 0. The minimum absolute atomic E-state index is 0.124. The lowest BCUT2D eigenvalue weighted by Crippen LogP contribution is -2.45. The van der Waals surface area contributed by atoms with Crippen molar-refractivity contribution in [3.8, 4) is 6.07 Å². The number of hydrogen-bond acceptors (Lipinski definition) is 2. The molecule has 0 unspecified atom stereocenters. The van der Waals surface area contributed by atoms with E-state index in [9.17, 15) is 10.4 Å². The van der Waals surface area contributed by atoms with Crippen LogP contribution in [0.1, 0.15) is 47.0 Å². The molecule has 90 valence electrons. The van der Waals surface area contributed by atoms with Crippen molar-refractivity contribution in [3.63, 3.8) is 0 Å². The van der Waals surface area contributed by atoms with Crippen LogP contribution >= 0.6 is 0 Å². The average Bonchev–Trinajstić information content (AvgIpc) is 2.61. The maximum absolute atomic E-state index is 11.0. The third-order valence-electron chi connectivity index (χ3n) is 5.11. The van der Waals surface area contributed by atoms with Gasteiger partial charge in [-0.25, -0.2) is 0 Å². The van der Waals surface area contributed by atoms with Crippen molar-refractivity contribution in [1.82, 2.24) is 0 Å². The van der Waals surface area contributed by atoms with E-state index in [1.54, 1.807) is 0 Å². The van der Waals surface area contributed by atoms with E-state index in [2.05, 4.69) is 33.8 Å². The van der Waals surface area contributed by atoms with Crippen LogP contribution in [0.25, 0.3) is 0 Å². The van der Waals surface area contributed by atoms with Gasteiger partial charge < -0.3 is 5.11 Å². The molecule has 0 aromatic rings. The van der Waals surface area contributed by atoms with Crippen molar-refractivity contribution in [2.75, 3.05) is 0 Å². The summed E-state index contributed by atoms with van der Waals surface area (Å²) in [5, 5.41) is 20.3. The molecular weight excluding hydrogens is 198 g/mol. The lowest BCUT2D eigenvalue weighted by Gasteiger charge is -2.37. The van der Waals surface area contributed by atoms with Crippen LogP contribution in [-0.4, -0.2) is 10.7 Å². The average molecular weight is 221 g/mol. The molecule has 1 N–H and O–H groups in total. The molecule has 0 bridgehead atoms. The highest BCUT2D eigenvalue weighted by Gasteiger charge is 2.64. The summed E-state index contributed by atoms with van der Waals surface area (Å²) in [4.78, 5) is 0. The van der Waals surface area contributed by atoms with Crippen molar-refractivity contribution in [3.05, 3.63) is 0 Å². The minimum atomic E-state index is -0.716. The van der Waals surface area contributed by atoms with Crippen LogP contribution in [0.4, 0.5) is 0 Å². The zero-order valence-electron chi connectivity index (χ0n) is 10.8. The molecule has 2 heteroatoms. The molecule has 0 heterocycles. The maximum atomic E-state index is 11.0. The predicted octanol–water partition coefficient (Wildman–Crippen LogP) is 2.97. The Morgan fingerprint density at radius 2 is 1.94 bits per heavy atom. The summed E-state index contributed by atoms with van der Waals surface area (Å²) >= 11 is 0. The molecule has 0 amide bonds. The van der Waals surface area contributed by atoms with Gasteiger partial charge in [0, 0.05) is 0 Å². The summed E-state index contributed by atoms with van der Waals surface area (Å²) in [6, 6.07) is 2.37. The normalized spacial score (nSPS) is 45.7. The molecule has 2 nitrogen and oxygen atoms in total. The lowest BCUT2D eigenvalue weighted by atomic mass is 9.73. The first-order valence-electron chi connectivity index (χ1n) is 6.46. The van der Waals surface area contributed by atoms with Gasteiger partial charge in [-0.2, -0.15) is 5.26 Å².